The summed E-state index contributed by atoms with van der Waals surface area (Å²) in [6, 6.07) is 3.18. The molecule has 104 valence electrons. The van der Waals surface area contributed by atoms with Crippen molar-refractivity contribution in [1.82, 2.24) is 9.88 Å². The normalized spacial score (nSPS) is 20.2. The van der Waals surface area contributed by atoms with E-state index in [1.54, 1.807) is 6.07 Å². The minimum Gasteiger partial charge on any atom is -0.364 e. The first kappa shape index (κ1) is 13.7. The molecule has 2 heterocycles. The second-order valence-corrected chi connectivity index (χ2v) is 5.23. The van der Waals surface area contributed by atoms with Gasteiger partial charge in [0.1, 0.15) is 0 Å². The Morgan fingerprint density at radius 2 is 2.37 bits per heavy atom. The number of nitro groups is 1. The third kappa shape index (κ3) is 3.64. The number of hydrogen-bond donors (Lipinski definition) is 1. The molecule has 1 aromatic rings. The lowest BCUT2D eigenvalue weighted by molar-refractivity contribution is -0.384. The first-order chi connectivity index (χ1) is 9.06. The van der Waals surface area contributed by atoms with Gasteiger partial charge in [-0.15, -0.1) is 0 Å². The lowest BCUT2D eigenvalue weighted by atomic mass is 9.98. The third-order valence-electron chi connectivity index (χ3n) is 3.49. The molecule has 0 aromatic carbocycles. The number of likely N-dealkylation sites (tertiary alicyclic amines) is 1. The van der Waals surface area contributed by atoms with E-state index in [-0.39, 0.29) is 10.6 Å². The lowest BCUT2D eigenvalue weighted by Crippen LogP contribution is -2.35. The maximum atomic E-state index is 11.0. The summed E-state index contributed by atoms with van der Waals surface area (Å²) < 4.78 is 0. The molecule has 0 aliphatic carbocycles. The van der Waals surface area contributed by atoms with E-state index >= 15 is 0 Å². The molecule has 0 bridgehead atoms. The van der Waals surface area contributed by atoms with Gasteiger partial charge in [0.2, 0.25) is 5.82 Å². The first-order valence-corrected chi connectivity index (χ1v) is 6.60. The molecular formula is C13H20N4O2. The molecule has 1 aliphatic rings. The number of pyridine rings is 1. The quantitative estimate of drug-likeness (QED) is 0.665. The summed E-state index contributed by atoms with van der Waals surface area (Å²) in [6.07, 6.45) is 2.35. The molecule has 1 aromatic heterocycles. The van der Waals surface area contributed by atoms with Gasteiger partial charge in [0.05, 0.1) is 4.92 Å². The van der Waals surface area contributed by atoms with E-state index in [1.165, 1.54) is 12.5 Å². The van der Waals surface area contributed by atoms with Crippen LogP contribution in [0.4, 0.5) is 11.5 Å². The van der Waals surface area contributed by atoms with Gasteiger partial charge in [-0.05, 0) is 45.3 Å². The zero-order chi connectivity index (χ0) is 13.8. The van der Waals surface area contributed by atoms with Crippen molar-refractivity contribution in [2.24, 2.45) is 5.92 Å². The molecule has 1 fully saturated rings. The van der Waals surface area contributed by atoms with Crippen molar-refractivity contribution in [3.63, 3.8) is 0 Å². The third-order valence-corrected chi connectivity index (χ3v) is 3.49. The highest BCUT2D eigenvalue weighted by Crippen LogP contribution is 2.23. The van der Waals surface area contributed by atoms with Crippen LogP contribution in [0.2, 0.25) is 0 Å². The van der Waals surface area contributed by atoms with Crippen molar-refractivity contribution < 1.29 is 4.92 Å². The molecule has 1 N–H and O–H groups in total. The Morgan fingerprint density at radius 3 is 3.05 bits per heavy atom. The van der Waals surface area contributed by atoms with Crippen LogP contribution in [0, 0.1) is 23.0 Å². The summed E-state index contributed by atoms with van der Waals surface area (Å²) in [7, 11) is 2.11. The molecule has 1 atom stereocenters. The SMILES string of the molecule is Cc1ccc([N+](=O)[O-])c(NCC2CCCN(C)C2)n1. The van der Waals surface area contributed by atoms with Gasteiger partial charge in [0.25, 0.3) is 0 Å². The van der Waals surface area contributed by atoms with Gasteiger partial charge < -0.3 is 10.2 Å². The molecule has 2 rings (SSSR count). The van der Waals surface area contributed by atoms with Crippen LogP contribution in [0.25, 0.3) is 0 Å². The van der Waals surface area contributed by atoms with Crippen LogP contribution in [0.15, 0.2) is 12.1 Å². The number of aromatic nitrogens is 1. The predicted molar refractivity (Wildman–Crippen MR) is 74.3 cm³/mol. The number of aryl methyl sites for hydroxylation is 1. The number of hydrogen-bond acceptors (Lipinski definition) is 5. The summed E-state index contributed by atoms with van der Waals surface area (Å²) in [5.74, 6) is 0.916. The fourth-order valence-electron chi connectivity index (χ4n) is 2.51. The maximum absolute atomic E-state index is 11.0. The monoisotopic (exact) mass is 264 g/mol. The molecule has 6 heteroatoms. The fourth-order valence-corrected chi connectivity index (χ4v) is 2.51. The Balaban J connectivity index is 2.02. The zero-order valence-corrected chi connectivity index (χ0v) is 11.4. The molecule has 0 saturated carbocycles. The average Bonchev–Trinajstić information content (AvgIpc) is 2.36. The van der Waals surface area contributed by atoms with E-state index in [4.69, 9.17) is 0 Å². The van der Waals surface area contributed by atoms with Crippen molar-refractivity contribution in [2.45, 2.75) is 19.8 Å². The molecule has 1 saturated heterocycles. The number of nitrogens with one attached hydrogen (secondary N) is 1. The molecule has 6 nitrogen and oxygen atoms in total. The van der Waals surface area contributed by atoms with Gasteiger partial charge in [0.15, 0.2) is 0 Å². The topological polar surface area (TPSA) is 71.3 Å². The highest BCUT2D eigenvalue weighted by molar-refractivity contribution is 5.56. The molecule has 0 radical (unpaired) electrons. The first-order valence-electron chi connectivity index (χ1n) is 6.60. The number of piperidine rings is 1. The van der Waals surface area contributed by atoms with E-state index in [9.17, 15) is 10.1 Å². The summed E-state index contributed by atoms with van der Waals surface area (Å²) in [4.78, 5) is 17.1. The summed E-state index contributed by atoms with van der Waals surface area (Å²) >= 11 is 0. The van der Waals surface area contributed by atoms with Crippen LogP contribution in [0.3, 0.4) is 0 Å². The van der Waals surface area contributed by atoms with E-state index in [0.717, 1.165) is 31.7 Å². The minimum atomic E-state index is -0.387. The van der Waals surface area contributed by atoms with Crippen molar-refractivity contribution in [2.75, 3.05) is 32.0 Å². The van der Waals surface area contributed by atoms with Crippen molar-refractivity contribution in [1.29, 1.82) is 0 Å². The summed E-state index contributed by atoms with van der Waals surface area (Å²) in [5, 5.41) is 14.1. The number of rotatable bonds is 4. The Kier molecular flexibility index (Phi) is 4.31. The zero-order valence-electron chi connectivity index (χ0n) is 11.4. The van der Waals surface area contributed by atoms with Gasteiger partial charge in [-0.2, -0.15) is 0 Å². The van der Waals surface area contributed by atoms with Crippen LogP contribution < -0.4 is 5.32 Å². The maximum Gasteiger partial charge on any atom is 0.311 e. The van der Waals surface area contributed by atoms with Gasteiger partial charge >= 0.3 is 5.69 Å². The van der Waals surface area contributed by atoms with E-state index in [1.807, 2.05) is 6.92 Å². The van der Waals surface area contributed by atoms with E-state index in [2.05, 4.69) is 22.2 Å². The molecule has 0 amide bonds. The Bertz CT molecular complexity index is 464. The Labute approximate surface area is 113 Å². The van der Waals surface area contributed by atoms with E-state index < -0.39 is 0 Å². The van der Waals surface area contributed by atoms with Crippen LogP contribution in [0.1, 0.15) is 18.5 Å². The number of nitrogens with zero attached hydrogens (tertiary/aromatic N) is 3. The van der Waals surface area contributed by atoms with Crippen molar-refractivity contribution >= 4 is 11.5 Å². The van der Waals surface area contributed by atoms with Crippen LogP contribution in [-0.4, -0.2) is 41.5 Å². The second-order valence-electron chi connectivity index (χ2n) is 5.23. The van der Waals surface area contributed by atoms with E-state index in [0.29, 0.717) is 11.7 Å². The predicted octanol–water partition coefficient (Wildman–Crippen LogP) is 2.05. The van der Waals surface area contributed by atoms with Crippen molar-refractivity contribution in [3.05, 3.63) is 27.9 Å². The summed E-state index contributed by atoms with van der Waals surface area (Å²) in [5.41, 5.74) is 0.837. The highest BCUT2D eigenvalue weighted by atomic mass is 16.6. The lowest BCUT2D eigenvalue weighted by Gasteiger charge is -2.29. The average molecular weight is 264 g/mol. The Morgan fingerprint density at radius 1 is 1.58 bits per heavy atom. The molecule has 1 unspecified atom stereocenters. The molecular weight excluding hydrogens is 244 g/mol. The minimum absolute atomic E-state index is 0.0507. The highest BCUT2D eigenvalue weighted by Gasteiger charge is 2.20. The van der Waals surface area contributed by atoms with Gasteiger partial charge in [-0.25, -0.2) is 4.98 Å². The van der Waals surface area contributed by atoms with Crippen LogP contribution in [0.5, 0.6) is 0 Å². The molecule has 0 spiro atoms. The van der Waals surface area contributed by atoms with Gasteiger partial charge in [0, 0.05) is 24.8 Å². The summed E-state index contributed by atoms with van der Waals surface area (Å²) in [6.45, 7) is 4.75. The Hall–Kier alpha value is -1.69. The number of anilines is 1. The van der Waals surface area contributed by atoms with Crippen LogP contribution in [-0.2, 0) is 0 Å². The van der Waals surface area contributed by atoms with Gasteiger partial charge in [-0.1, -0.05) is 0 Å². The largest absolute Gasteiger partial charge is 0.364 e. The molecule has 19 heavy (non-hydrogen) atoms. The van der Waals surface area contributed by atoms with Crippen LogP contribution >= 0.6 is 0 Å². The van der Waals surface area contributed by atoms with Gasteiger partial charge in [-0.3, -0.25) is 10.1 Å². The fraction of sp³-hybridized carbons (Fsp3) is 0.615. The molecule has 1 aliphatic heterocycles. The smallest absolute Gasteiger partial charge is 0.311 e. The van der Waals surface area contributed by atoms with Crippen molar-refractivity contribution in [3.8, 4) is 0 Å². The standard InChI is InChI=1S/C13H20N4O2/c1-10-5-6-12(17(18)19)13(15-10)14-8-11-4-3-7-16(2)9-11/h5-6,11H,3-4,7-9H2,1-2H3,(H,14,15). The second kappa shape index (κ2) is 5.97.